The zero-order chi connectivity index (χ0) is 2.00. The van der Waals surface area contributed by atoms with Crippen LogP contribution >= 0.6 is 0 Å². The quantitative estimate of drug-likeness (QED) is 0.165. The minimum absolute atomic E-state index is 0. The maximum absolute atomic E-state index is 5.25. The first-order chi connectivity index (χ1) is 1.00. The third kappa shape index (κ3) is 18.0. The van der Waals surface area contributed by atoms with Gasteiger partial charge in [0.15, 0.2) is 0 Å². The third-order valence-electron chi connectivity index (χ3n) is 0. The Morgan fingerprint density at radius 2 is 1.25 bits per heavy atom. The zero-order valence-electron chi connectivity index (χ0n) is 2.16. The Morgan fingerprint density at radius 3 is 1.25 bits per heavy atom. The predicted octanol–water partition coefficient (Wildman–Crippen LogP) is -3.17. The summed E-state index contributed by atoms with van der Waals surface area (Å²) in [5, 5.41) is 0. The first kappa shape index (κ1) is 23.1. The van der Waals surface area contributed by atoms with E-state index in [9.17, 15) is 0 Å². The summed E-state index contributed by atoms with van der Waals surface area (Å²) in [5.74, 6) is 0. The Hall–Kier alpha value is 0.616. The molecule has 0 heterocycles. The summed E-state index contributed by atoms with van der Waals surface area (Å²) in [6.45, 7) is 0. The van der Waals surface area contributed by atoms with Crippen molar-refractivity contribution in [3.8, 4) is 6.42 Å². The fourth-order valence-corrected chi connectivity index (χ4v) is 0. The molecular weight excluding hydrogens is 83.8 g/mol. The van der Waals surface area contributed by atoms with Crippen LogP contribution in [0.5, 0.6) is 0 Å². The molecule has 0 saturated carbocycles. The van der Waals surface area contributed by atoms with E-state index in [1.54, 1.807) is 0 Å². The van der Waals surface area contributed by atoms with E-state index in [1.165, 1.54) is 0 Å². The number of halogens is 1. The SMILES string of the molecule is [C-]#C.[Cl-].[Mg+2]. The van der Waals surface area contributed by atoms with Gasteiger partial charge in [-0.2, -0.15) is 0 Å². The van der Waals surface area contributed by atoms with Crippen LogP contribution in [0.3, 0.4) is 0 Å². The Bertz CT molecular complexity index is 10.8. The van der Waals surface area contributed by atoms with Gasteiger partial charge in [0, 0.05) is 0 Å². The molecule has 0 saturated heterocycles. The Kier molecular flexibility index (Phi) is 377. The molecule has 0 radical (unpaired) electrons. The largest absolute Gasteiger partial charge is 2.00 e. The fraction of sp³-hybridized carbons (Fsp3) is 0. The van der Waals surface area contributed by atoms with Gasteiger partial charge in [-0.05, 0) is 0 Å². The molecule has 0 spiro atoms. The van der Waals surface area contributed by atoms with E-state index >= 15 is 0 Å². The van der Waals surface area contributed by atoms with Gasteiger partial charge in [-0.25, -0.2) is 0 Å². The van der Waals surface area contributed by atoms with Gasteiger partial charge in [0.25, 0.3) is 0 Å². The van der Waals surface area contributed by atoms with E-state index in [-0.39, 0.29) is 35.5 Å². The summed E-state index contributed by atoms with van der Waals surface area (Å²) in [5.41, 5.74) is 0. The van der Waals surface area contributed by atoms with Crippen LogP contribution in [-0.2, 0) is 0 Å². The van der Waals surface area contributed by atoms with Crippen molar-refractivity contribution < 1.29 is 12.4 Å². The second-order valence-electron chi connectivity index (χ2n) is 0. The van der Waals surface area contributed by atoms with Crippen LogP contribution in [0, 0.1) is 12.8 Å². The van der Waals surface area contributed by atoms with Gasteiger partial charge in [0.05, 0.1) is 0 Å². The van der Waals surface area contributed by atoms with Crippen LogP contribution in [0.25, 0.3) is 0 Å². The molecule has 0 unspecified atom stereocenters. The van der Waals surface area contributed by atoms with Crippen molar-refractivity contribution in [1.82, 2.24) is 0 Å². The van der Waals surface area contributed by atoms with Crippen LogP contribution in [0.4, 0.5) is 0 Å². The van der Waals surface area contributed by atoms with Crippen molar-refractivity contribution in [3.63, 3.8) is 0 Å². The number of hydrogen-bond acceptors (Lipinski definition) is 0. The van der Waals surface area contributed by atoms with E-state index in [1.807, 2.05) is 0 Å². The van der Waals surface area contributed by atoms with Crippen molar-refractivity contribution >= 4 is 23.1 Å². The summed E-state index contributed by atoms with van der Waals surface area (Å²) in [6.07, 6.45) is 9.00. The van der Waals surface area contributed by atoms with Crippen molar-refractivity contribution in [2.75, 3.05) is 0 Å². The molecule has 0 aromatic heterocycles. The molecule has 0 aliphatic rings. The first-order valence-electron chi connectivity index (χ1n) is 0.289. The third-order valence-corrected chi connectivity index (χ3v) is 0. The molecule has 0 aromatic carbocycles. The minimum atomic E-state index is 0. The zero-order valence-corrected chi connectivity index (χ0v) is 4.33. The Balaban J connectivity index is -0.00000000500. The van der Waals surface area contributed by atoms with Gasteiger partial charge in [0.2, 0.25) is 0 Å². The summed E-state index contributed by atoms with van der Waals surface area (Å²) < 4.78 is 0. The van der Waals surface area contributed by atoms with Gasteiger partial charge in [-0.15, -0.1) is 0 Å². The molecule has 0 rings (SSSR count). The van der Waals surface area contributed by atoms with Crippen molar-refractivity contribution in [1.29, 1.82) is 0 Å². The smallest absolute Gasteiger partial charge is 1.00 e. The van der Waals surface area contributed by atoms with Gasteiger partial charge in [-0.3, -0.25) is 0 Å². The summed E-state index contributed by atoms with van der Waals surface area (Å²) in [6, 6.07) is 0. The molecule has 0 nitrogen and oxygen atoms in total. The molecule has 0 aliphatic heterocycles. The summed E-state index contributed by atoms with van der Waals surface area (Å²) in [7, 11) is 0. The Morgan fingerprint density at radius 1 is 1.25 bits per heavy atom. The standard InChI is InChI=1S/C2H.ClH.Mg/c1-2;;/h1H;1H;/q-1;;+2/p-1. The molecule has 0 aliphatic carbocycles. The molecule has 4 heavy (non-hydrogen) atoms. The van der Waals surface area contributed by atoms with Crippen molar-refractivity contribution in [3.05, 3.63) is 6.42 Å². The normalized spacial score (nSPS) is 0.500. The van der Waals surface area contributed by atoms with Crippen molar-refractivity contribution in [2.24, 2.45) is 0 Å². The number of rotatable bonds is 0. The molecule has 0 fully saturated rings. The van der Waals surface area contributed by atoms with E-state index in [0.29, 0.717) is 0 Å². The van der Waals surface area contributed by atoms with Crippen LogP contribution in [0.2, 0.25) is 0 Å². The van der Waals surface area contributed by atoms with E-state index in [4.69, 9.17) is 6.42 Å². The summed E-state index contributed by atoms with van der Waals surface area (Å²) >= 11 is 0. The second-order valence-corrected chi connectivity index (χ2v) is 0. The fourth-order valence-electron chi connectivity index (χ4n) is 0. The van der Waals surface area contributed by atoms with Gasteiger partial charge in [0.1, 0.15) is 0 Å². The van der Waals surface area contributed by atoms with Crippen LogP contribution in [0.1, 0.15) is 0 Å². The summed E-state index contributed by atoms with van der Waals surface area (Å²) in [4.78, 5) is 0. The maximum atomic E-state index is 5.25. The molecule has 2 heteroatoms. The Labute approximate surface area is 48.5 Å². The molecule has 18 valence electrons. The van der Waals surface area contributed by atoms with Gasteiger partial charge in [-0.1, -0.05) is 0 Å². The molecular formula is C2HClMg. The van der Waals surface area contributed by atoms with Crippen LogP contribution < -0.4 is 12.4 Å². The van der Waals surface area contributed by atoms with E-state index < -0.39 is 0 Å². The maximum Gasteiger partial charge on any atom is 2.00 e. The molecule has 0 bridgehead atoms. The van der Waals surface area contributed by atoms with Crippen LogP contribution in [0.15, 0.2) is 0 Å². The number of terminal acetylenes is 1. The van der Waals surface area contributed by atoms with Crippen LogP contribution in [-0.4, -0.2) is 23.1 Å². The van der Waals surface area contributed by atoms with Gasteiger partial charge < -0.3 is 25.3 Å². The van der Waals surface area contributed by atoms with E-state index in [2.05, 4.69) is 6.42 Å². The molecule has 0 atom stereocenters. The predicted molar refractivity (Wildman–Crippen MR) is 13.9 cm³/mol. The minimum Gasteiger partial charge on any atom is -1.00 e. The topological polar surface area (TPSA) is 0 Å². The molecule has 0 aromatic rings. The molecule has 0 N–H and O–H groups in total. The monoisotopic (exact) mass is 84.0 g/mol. The van der Waals surface area contributed by atoms with E-state index in [0.717, 1.165) is 0 Å². The molecule has 0 amide bonds. The second kappa shape index (κ2) is 65.2. The first-order valence-corrected chi connectivity index (χ1v) is 0.289. The number of hydrogen-bond donors (Lipinski definition) is 0. The average Bonchev–Trinajstić information content (AvgIpc) is 1.00. The van der Waals surface area contributed by atoms with Gasteiger partial charge >= 0.3 is 23.1 Å². The van der Waals surface area contributed by atoms with Crippen molar-refractivity contribution in [2.45, 2.75) is 0 Å². The average molecular weight is 84.8 g/mol.